The van der Waals surface area contributed by atoms with Gasteiger partial charge in [0.2, 0.25) is 5.91 Å². The minimum atomic E-state index is -5.08. The normalized spacial score (nSPS) is 18.1. The zero-order chi connectivity index (χ0) is 36.5. The number of fused-ring (bicyclic) bond motifs is 1. The molecule has 1 amide bonds. The summed E-state index contributed by atoms with van der Waals surface area (Å²) in [5, 5.41) is 20.0. The van der Waals surface area contributed by atoms with Crippen LogP contribution in [0.25, 0.3) is 22.2 Å². The van der Waals surface area contributed by atoms with Crippen molar-refractivity contribution in [2.24, 2.45) is 17.8 Å². The number of aliphatic carboxylic acids is 1. The Hall–Kier alpha value is -4.67. The number of hydrogen-bond donors (Lipinski definition) is 3. The fraction of sp³-hybridized carbons (Fsp3) is 0.450. The Bertz CT molecular complexity index is 1800. The van der Waals surface area contributed by atoms with Crippen LogP contribution >= 0.6 is 0 Å². The smallest absolute Gasteiger partial charge is 0.478 e. The summed E-state index contributed by atoms with van der Waals surface area (Å²) in [5.41, 5.74) is 5.81. The number of carboxylic acids is 2. The number of amides is 1. The van der Waals surface area contributed by atoms with E-state index in [4.69, 9.17) is 14.9 Å². The molecule has 0 unspecified atom stereocenters. The number of imidazole rings is 1. The van der Waals surface area contributed by atoms with Gasteiger partial charge in [-0.1, -0.05) is 87.9 Å². The lowest BCUT2D eigenvalue weighted by molar-refractivity contribution is -0.192. The predicted molar refractivity (Wildman–Crippen MR) is 191 cm³/mol. The molecule has 11 heteroatoms. The molecule has 6 rings (SSSR count). The fourth-order valence-corrected chi connectivity index (χ4v) is 7.55. The number of nitrogens with one attached hydrogen (secondary N) is 1. The topological polar surface area (TPSA) is 122 Å². The van der Waals surface area contributed by atoms with Gasteiger partial charge in [-0.2, -0.15) is 13.2 Å². The maximum Gasteiger partial charge on any atom is 0.490 e. The molecular weight excluding hydrogens is 659 g/mol. The summed E-state index contributed by atoms with van der Waals surface area (Å²) in [5.74, 6) is -0.688. The van der Waals surface area contributed by atoms with Gasteiger partial charge in [0, 0.05) is 24.6 Å². The molecule has 0 atom stereocenters. The SMILES string of the molecule is CCCCc1nc2ccc(NC(=O)C3CCC(C4CCCCC4)CC3)cc2n1Cc1ccc(-c2ccccc2C(=O)O)cc1.O=C(O)C(F)(F)F. The Morgan fingerprint density at radius 2 is 1.51 bits per heavy atom. The number of aromatic carboxylic acids is 1. The molecule has 2 fully saturated rings. The largest absolute Gasteiger partial charge is 0.490 e. The van der Waals surface area contributed by atoms with Gasteiger partial charge in [-0.15, -0.1) is 0 Å². The first-order valence-electron chi connectivity index (χ1n) is 18.0. The maximum atomic E-state index is 13.4. The molecule has 0 aliphatic heterocycles. The third kappa shape index (κ3) is 9.77. The first kappa shape index (κ1) is 37.6. The lowest BCUT2D eigenvalue weighted by atomic mass is 9.71. The Balaban J connectivity index is 0.000000654. The number of carboxylic acid groups (broad SMARTS) is 2. The monoisotopic (exact) mass is 705 g/mol. The van der Waals surface area contributed by atoms with Gasteiger partial charge in [-0.05, 0) is 84.9 Å². The van der Waals surface area contributed by atoms with Crippen molar-refractivity contribution in [1.29, 1.82) is 0 Å². The number of hydrogen-bond acceptors (Lipinski definition) is 4. The summed E-state index contributed by atoms with van der Waals surface area (Å²) in [4.78, 5) is 39.0. The summed E-state index contributed by atoms with van der Waals surface area (Å²) in [6, 6.07) is 21.3. The van der Waals surface area contributed by atoms with Crippen LogP contribution in [0.1, 0.15) is 99.3 Å². The molecule has 8 nitrogen and oxygen atoms in total. The van der Waals surface area contributed by atoms with E-state index in [1.807, 2.05) is 36.4 Å². The summed E-state index contributed by atoms with van der Waals surface area (Å²) in [6.45, 7) is 2.84. The Labute approximate surface area is 296 Å². The number of aromatic nitrogens is 2. The van der Waals surface area contributed by atoms with Crippen molar-refractivity contribution in [1.82, 2.24) is 9.55 Å². The second-order valence-electron chi connectivity index (χ2n) is 13.8. The highest BCUT2D eigenvalue weighted by molar-refractivity contribution is 5.96. The number of aryl methyl sites for hydroxylation is 1. The molecule has 0 spiro atoms. The molecule has 0 bridgehead atoms. The van der Waals surface area contributed by atoms with Crippen LogP contribution in [0.5, 0.6) is 0 Å². The van der Waals surface area contributed by atoms with Crippen molar-refractivity contribution >= 4 is 34.6 Å². The van der Waals surface area contributed by atoms with Crippen LogP contribution in [-0.4, -0.2) is 43.8 Å². The highest BCUT2D eigenvalue weighted by atomic mass is 19.4. The molecule has 3 aromatic carbocycles. The Kier molecular flexibility index (Phi) is 12.5. The number of anilines is 1. The van der Waals surface area contributed by atoms with Crippen molar-refractivity contribution in [2.75, 3.05) is 5.32 Å². The van der Waals surface area contributed by atoms with E-state index in [9.17, 15) is 27.9 Å². The van der Waals surface area contributed by atoms with Gasteiger partial charge in [-0.25, -0.2) is 14.6 Å². The molecule has 4 aromatic rings. The van der Waals surface area contributed by atoms with Gasteiger partial charge in [0.15, 0.2) is 0 Å². The molecule has 51 heavy (non-hydrogen) atoms. The molecule has 0 radical (unpaired) electrons. The number of rotatable bonds is 10. The Morgan fingerprint density at radius 1 is 0.863 bits per heavy atom. The van der Waals surface area contributed by atoms with E-state index < -0.39 is 18.1 Å². The van der Waals surface area contributed by atoms with Crippen LogP contribution in [-0.2, 0) is 22.6 Å². The summed E-state index contributed by atoms with van der Waals surface area (Å²) >= 11 is 0. The van der Waals surface area contributed by atoms with E-state index in [2.05, 4.69) is 35.0 Å². The van der Waals surface area contributed by atoms with Gasteiger partial charge in [0.1, 0.15) is 5.82 Å². The molecule has 0 saturated heterocycles. The highest BCUT2D eigenvalue weighted by Gasteiger charge is 2.38. The van der Waals surface area contributed by atoms with Crippen LogP contribution < -0.4 is 5.32 Å². The van der Waals surface area contributed by atoms with Crippen molar-refractivity contribution in [3.63, 3.8) is 0 Å². The van der Waals surface area contributed by atoms with Crippen LogP contribution in [0, 0.1) is 17.8 Å². The van der Waals surface area contributed by atoms with Crippen molar-refractivity contribution in [2.45, 2.75) is 96.7 Å². The first-order valence-corrected chi connectivity index (χ1v) is 18.0. The maximum absolute atomic E-state index is 13.4. The van der Waals surface area contributed by atoms with Gasteiger partial charge in [-0.3, -0.25) is 4.79 Å². The van der Waals surface area contributed by atoms with Crippen molar-refractivity contribution in [3.8, 4) is 11.1 Å². The summed E-state index contributed by atoms with van der Waals surface area (Å²) < 4.78 is 34.0. The van der Waals surface area contributed by atoms with E-state index in [0.717, 1.165) is 77.6 Å². The summed E-state index contributed by atoms with van der Waals surface area (Å²) in [6.07, 6.45) is 9.28. The lowest BCUT2D eigenvalue weighted by Gasteiger charge is -2.35. The van der Waals surface area contributed by atoms with E-state index in [-0.39, 0.29) is 11.8 Å². The lowest BCUT2D eigenvalue weighted by Crippen LogP contribution is -2.30. The molecule has 2 aliphatic carbocycles. The molecular formula is C40H46F3N3O5. The van der Waals surface area contributed by atoms with Gasteiger partial charge in [0.25, 0.3) is 0 Å². The number of alkyl halides is 3. The van der Waals surface area contributed by atoms with E-state index >= 15 is 0 Å². The number of halogens is 3. The van der Waals surface area contributed by atoms with Crippen LogP contribution in [0.4, 0.5) is 18.9 Å². The number of nitrogens with zero attached hydrogens (tertiary/aromatic N) is 2. The number of unbranched alkanes of at least 4 members (excludes halogenated alkanes) is 1. The third-order valence-electron chi connectivity index (χ3n) is 10.3. The molecule has 2 aliphatic rings. The second kappa shape index (κ2) is 17.0. The van der Waals surface area contributed by atoms with E-state index in [1.165, 1.54) is 44.9 Å². The van der Waals surface area contributed by atoms with Crippen molar-refractivity contribution in [3.05, 3.63) is 83.7 Å². The predicted octanol–water partition coefficient (Wildman–Crippen LogP) is 9.75. The zero-order valence-corrected chi connectivity index (χ0v) is 28.9. The number of benzene rings is 3. The van der Waals surface area contributed by atoms with E-state index in [0.29, 0.717) is 17.7 Å². The average molecular weight is 706 g/mol. The minimum Gasteiger partial charge on any atom is -0.478 e. The zero-order valence-electron chi connectivity index (χ0n) is 28.9. The number of carbonyl (C=O) groups excluding carboxylic acids is 1. The van der Waals surface area contributed by atoms with Gasteiger partial charge >= 0.3 is 18.1 Å². The molecule has 3 N–H and O–H groups in total. The van der Waals surface area contributed by atoms with Gasteiger partial charge in [0.05, 0.1) is 16.6 Å². The quantitative estimate of drug-likeness (QED) is 0.151. The first-order chi connectivity index (χ1) is 24.4. The second-order valence-corrected chi connectivity index (χ2v) is 13.8. The van der Waals surface area contributed by atoms with Crippen molar-refractivity contribution < 1.29 is 37.8 Å². The van der Waals surface area contributed by atoms with Gasteiger partial charge < -0.3 is 20.1 Å². The minimum absolute atomic E-state index is 0.0975. The Morgan fingerprint density at radius 3 is 2.14 bits per heavy atom. The van der Waals surface area contributed by atoms with E-state index in [1.54, 1.807) is 12.1 Å². The summed E-state index contributed by atoms with van der Waals surface area (Å²) in [7, 11) is 0. The molecule has 272 valence electrons. The number of carbonyl (C=O) groups is 3. The fourth-order valence-electron chi connectivity index (χ4n) is 7.55. The molecule has 2 saturated carbocycles. The third-order valence-corrected chi connectivity index (χ3v) is 10.3. The van der Waals surface area contributed by atoms with Crippen LogP contribution in [0.2, 0.25) is 0 Å². The van der Waals surface area contributed by atoms with Crippen LogP contribution in [0.15, 0.2) is 66.7 Å². The average Bonchev–Trinajstić information content (AvgIpc) is 3.47. The molecule has 1 aromatic heterocycles. The van der Waals surface area contributed by atoms with Crippen LogP contribution in [0.3, 0.4) is 0 Å². The molecule has 1 heterocycles. The standard InChI is InChI=1S/C38H45N3O3.C2HF3O2/c1-2-3-13-36-40-34-23-22-31(39-37(42)30-20-18-28(19-21-30)27-9-5-4-6-10-27)24-35(34)41(36)25-26-14-16-29(17-15-26)32-11-7-8-12-33(32)38(43)44;3-2(4,5)1(6)7/h7-8,11-12,14-17,22-24,27-28,30H,2-6,9-10,13,18-21,25H2,1H3,(H,39,42)(H,43,44);(H,6,7). The highest BCUT2D eigenvalue weighted by Crippen LogP contribution is 2.40.